The Labute approximate surface area is 130 Å². The maximum Gasteiger partial charge on any atom is 0.193 e. The van der Waals surface area contributed by atoms with Crippen LogP contribution >= 0.6 is 0 Å². The summed E-state index contributed by atoms with van der Waals surface area (Å²) in [6, 6.07) is 0. The fourth-order valence-corrected chi connectivity index (χ4v) is 2.50. The zero-order chi connectivity index (χ0) is 15.5. The summed E-state index contributed by atoms with van der Waals surface area (Å²) in [5.74, 6) is 0.954. The van der Waals surface area contributed by atoms with Crippen molar-refractivity contribution in [2.24, 2.45) is 4.99 Å². The van der Waals surface area contributed by atoms with E-state index in [0.717, 1.165) is 45.2 Å². The monoisotopic (exact) mass is 296 g/mol. The number of nitrogens with one attached hydrogen (secondary N) is 1. The number of rotatable bonds is 8. The third-order valence-electron chi connectivity index (χ3n) is 3.80. The van der Waals surface area contributed by atoms with Gasteiger partial charge in [0.25, 0.3) is 0 Å². The van der Waals surface area contributed by atoms with Gasteiger partial charge in [-0.05, 0) is 26.3 Å². The van der Waals surface area contributed by atoms with Crippen LogP contribution in [0.1, 0.15) is 25.7 Å². The lowest BCUT2D eigenvalue weighted by atomic mass is 10.2. The average molecular weight is 296 g/mol. The number of hydrogen-bond acceptors (Lipinski definition) is 3. The predicted molar refractivity (Wildman–Crippen MR) is 89.9 cm³/mol. The largest absolute Gasteiger partial charge is 0.374 e. The van der Waals surface area contributed by atoms with Gasteiger partial charge in [0.1, 0.15) is 0 Å². The molecule has 1 saturated heterocycles. The number of allylic oxidation sites excluding steroid dienone is 1. The van der Waals surface area contributed by atoms with Gasteiger partial charge in [-0.1, -0.05) is 12.5 Å². The Balaban J connectivity index is 2.22. The number of aliphatic imine (C=N–C) groups is 1. The molecule has 1 heterocycles. The van der Waals surface area contributed by atoms with Gasteiger partial charge in [0.15, 0.2) is 5.96 Å². The quantitative estimate of drug-likeness (QED) is 0.319. The minimum absolute atomic E-state index is 0.251. The van der Waals surface area contributed by atoms with Crippen molar-refractivity contribution in [2.45, 2.75) is 31.8 Å². The van der Waals surface area contributed by atoms with Gasteiger partial charge in [-0.2, -0.15) is 0 Å². The van der Waals surface area contributed by atoms with E-state index in [9.17, 15) is 0 Å². The minimum atomic E-state index is 0.251. The molecule has 21 heavy (non-hydrogen) atoms. The number of nitrogens with zero attached hydrogens (tertiary/aromatic N) is 3. The van der Waals surface area contributed by atoms with Crippen LogP contribution in [0.15, 0.2) is 17.6 Å². The molecule has 1 N–H and O–H groups in total. The average Bonchev–Trinajstić information content (AvgIpc) is 2.48. The van der Waals surface area contributed by atoms with Gasteiger partial charge in [-0.25, -0.2) is 0 Å². The van der Waals surface area contributed by atoms with Crippen molar-refractivity contribution >= 4 is 5.96 Å². The van der Waals surface area contributed by atoms with Crippen molar-refractivity contribution in [3.8, 4) is 0 Å². The van der Waals surface area contributed by atoms with E-state index in [4.69, 9.17) is 4.74 Å². The summed E-state index contributed by atoms with van der Waals surface area (Å²) in [5.41, 5.74) is 0. The van der Waals surface area contributed by atoms with Crippen LogP contribution in [0.3, 0.4) is 0 Å². The van der Waals surface area contributed by atoms with Gasteiger partial charge in [0.2, 0.25) is 0 Å². The summed E-state index contributed by atoms with van der Waals surface area (Å²) in [5, 5.41) is 3.42. The molecule has 0 radical (unpaired) electrons. The number of hydrogen-bond donors (Lipinski definition) is 1. The van der Waals surface area contributed by atoms with Crippen molar-refractivity contribution in [1.82, 2.24) is 15.1 Å². The Morgan fingerprint density at radius 3 is 2.95 bits per heavy atom. The van der Waals surface area contributed by atoms with Gasteiger partial charge < -0.3 is 19.9 Å². The topological polar surface area (TPSA) is 40.1 Å². The van der Waals surface area contributed by atoms with E-state index in [-0.39, 0.29) is 6.10 Å². The lowest BCUT2D eigenvalue weighted by molar-refractivity contribution is -0.0163. The molecule has 0 amide bonds. The van der Waals surface area contributed by atoms with Crippen molar-refractivity contribution in [3.05, 3.63) is 12.7 Å². The first kappa shape index (κ1) is 18.0. The SMILES string of the molecule is C=CCCCCCN(C)C(=NC)NCC1CN(C)CCO1. The fraction of sp³-hybridized carbons (Fsp3) is 0.812. The molecule has 1 atom stereocenters. The maximum absolute atomic E-state index is 5.76. The van der Waals surface area contributed by atoms with Crippen LogP contribution in [0, 0.1) is 0 Å². The summed E-state index contributed by atoms with van der Waals surface area (Å²) in [6.45, 7) is 8.43. The van der Waals surface area contributed by atoms with Crippen molar-refractivity contribution in [3.63, 3.8) is 0 Å². The standard InChI is InChI=1S/C16H32N4O/c1-5-6-7-8-9-10-20(4)16(17-2)18-13-15-14-19(3)11-12-21-15/h5,15H,1,6-14H2,2-4H3,(H,17,18). The highest BCUT2D eigenvalue weighted by Crippen LogP contribution is 2.03. The maximum atomic E-state index is 5.76. The van der Waals surface area contributed by atoms with Gasteiger partial charge in [0.05, 0.1) is 12.7 Å². The molecule has 122 valence electrons. The molecule has 0 aromatic carbocycles. The molecule has 0 aromatic rings. The molecule has 5 nitrogen and oxygen atoms in total. The Kier molecular flexibility index (Phi) is 9.10. The number of unbranched alkanes of at least 4 members (excludes halogenated alkanes) is 3. The van der Waals surface area contributed by atoms with Crippen LogP contribution in [-0.2, 0) is 4.74 Å². The van der Waals surface area contributed by atoms with Gasteiger partial charge in [0, 0.05) is 40.3 Å². The highest BCUT2D eigenvalue weighted by atomic mass is 16.5. The van der Waals surface area contributed by atoms with Gasteiger partial charge in [-0.15, -0.1) is 6.58 Å². The number of morpholine rings is 1. The first-order chi connectivity index (χ1) is 10.2. The molecule has 1 aliphatic rings. The summed E-state index contributed by atoms with van der Waals surface area (Å²) >= 11 is 0. The Morgan fingerprint density at radius 1 is 1.48 bits per heavy atom. The lowest BCUT2D eigenvalue weighted by Gasteiger charge is -2.31. The highest BCUT2D eigenvalue weighted by Gasteiger charge is 2.18. The summed E-state index contributed by atoms with van der Waals surface area (Å²) in [7, 11) is 6.07. The van der Waals surface area contributed by atoms with E-state index in [1.807, 2.05) is 13.1 Å². The minimum Gasteiger partial charge on any atom is -0.374 e. The van der Waals surface area contributed by atoms with Crippen LogP contribution in [0.2, 0.25) is 0 Å². The molecule has 1 aliphatic heterocycles. The summed E-state index contributed by atoms with van der Waals surface area (Å²) in [6.07, 6.45) is 7.01. The Bertz CT molecular complexity index is 319. The Morgan fingerprint density at radius 2 is 2.29 bits per heavy atom. The second-order valence-corrected chi connectivity index (χ2v) is 5.74. The Hall–Kier alpha value is -1.07. The molecular weight excluding hydrogens is 264 g/mol. The molecule has 1 unspecified atom stereocenters. The van der Waals surface area contributed by atoms with E-state index < -0.39 is 0 Å². The molecule has 1 fully saturated rings. The first-order valence-corrected chi connectivity index (χ1v) is 8.00. The highest BCUT2D eigenvalue weighted by molar-refractivity contribution is 5.79. The smallest absolute Gasteiger partial charge is 0.193 e. The number of likely N-dealkylation sites (N-methyl/N-ethyl adjacent to an activating group) is 1. The molecule has 5 heteroatoms. The van der Waals surface area contributed by atoms with Crippen LogP contribution in [0.5, 0.6) is 0 Å². The number of ether oxygens (including phenoxy) is 1. The molecule has 1 rings (SSSR count). The first-order valence-electron chi connectivity index (χ1n) is 8.00. The zero-order valence-corrected chi connectivity index (χ0v) is 14.0. The van der Waals surface area contributed by atoms with Gasteiger partial charge >= 0.3 is 0 Å². The summed E-state index contributed by atoms with van der Waals surface area (Å²) < 4.78 is 5.76. The normalized spacial score (nSPS) is 20.3. The van der Waals surface area contributed by atoms with E-state index in [1.54, 1.807) is 0 Å². The molecular formula is C16H32N4O. The van der Waals surface area contributed by atoms with Crippen molar-refractivity contribution in [2.75, 3.05) is 53.9 Å². The second-order valence-electron chi connectivity index (χ2n) is 5.74. The molecule has 0 aliphatic carbocycles. The molecule has 0 aromatic heterocycles. The zero-order valence-electron chi connectivity index (χ0n) is 14.0. The molecule has 0 saturated carbocycles. The summed E-state index contributed by atoms with van der Waals surface area (Å²) in [4.78, 5) is 8.85. The van der Waals surface area contributed by atoms with Gasteiger partial charge in [-0.3, -0.25) is 4.99 Å². The third kappa shape index (κ3) is 7.48. The van der Waals surface area contributed by atoms with Crippen LogP contribution in [0.25, 0.3) is 0 Å². The van der Waals surface area contributed by atoms with E-state index in [1.165, 1.54) is 19.3 Å². The predicted octanol–water partition coefficient (Wildman–Crippen LogP) is 1.57. The van der Waals surface area contributed by atoms with Crippen molar-refractivity contribution in [1.29, 1.82) is 0 Å². The van der Waals surface area contributed by atoms with E-state index in [2.05, 4.69) is 40.8 Å². The molecule has 0 bridgehead atoms. The van der Waals surface area contributed by atoms with Crippen molar-refractivity contribution < 1.29 is 4.74 Å². The number of guanidine groups is 1. The fourth-order valence-electron chi connectivity index (χ4n) is 2.50. The van der Waals surface area contributed by atoms with E-state index in [0.29, 0.717) is 0 Å². The second kappa shape index (κ2) is 10.6. The van der Waals surface area contributed by atoms with E-state index >= 15 is 0 Å². The van der Waals surface area contributed by atoms with Crippen LogP contribution in [-0.4, -0.2) is 75.8 Å². The molecule has 0 spiro atoms. The third-order valence-corrected chi connectivity index (χ3v) is 3.80. The van der Waals surface area contributed by atoms with Crippen LogP contribution in [0.4, 0.5) is 0 Å². The van der Waals surface area contributed by atoms with Crippen LogP contribution < -0.4 is 5.32 Å². The lowest BCUT2D eigenvalue weighted by Crippen LogP contribution is -2.48.